The third-order valence-electron chi connectivity index (χ3n) is 4.23. The first kappa shape index (κ1) is 15.3. The molecule has 0 bridgehead atoms. The van der Waals surface area contributed by atoms with Crippen LogP contribution in [0.2, 0.25) is 0 Å². The molecule has 0 aromatic heterocycles. The second kappa shape index (κ2) is 6.65. The predicted octanol–water partition coefficient (Wildman–Crippen LogP) is 3.66. The van der Waals surface area contributed by atoms with Crippen LogP contribution < -0.4 is 10.1 Å². The molecule has 2 aromatic rings. The van der Waals surface area contributed by atoms with Gasteiger partial charge < -0.3 is 10.1 Å². The summed E-state index contributed by atoms with van der Waals surface area (Å²) in [5.41, 5.74) is 1.70. The Balaban J connectivity index is 1.86. The van der Waals surface area contributed by atoms with Crippen LogP contribution in [0, 0.1) is 5.92 Å². The van der Waals surface area contributed by atoms with Crippen molar-refractivity contribution in [3.8, 4) is 5.75 Å². The van der Waals surface area contributed by atoms with Gasteiger partial charge in [-0.25, -0.2) is 0 Å². The minimum absolute atomic E-state index is 0.00106. The zero-order valence-corrected chi connectivity index (χ0v) is 13.0. The number of nitrogens with one attached hydrogen (secondary N) is 1. The zero-order chi connectivity index (χ0) is 16.2. The Morgan fingerprint density at radius 1 is 1.04 bits per heavy atom. The van der Waals surface area contributed by atoms with Crippen molar-refractivity contribution in [2.24, 2.45) is 5.92 Å². The van der Waals surface area contributed by atoms with E-state index in [1.54, 1.807) is 37.4 Å². The molecule has 3 rings (SSSR count). The molecule has 0 atom stereocenters. The lowest BCUT2D eigenvalue weighted by molar-refractivity contribution is -0.122. The first-order valence-electron chi connectivity index (χ1n) is 7.77. The van der Waals surface area contributed by atoms with Gasteiger partial charge in [-0.15, -0.1) is 0 Å². The summed E-state index contributed by atoms with van der Waals surface area (Å²) >= 11 is 0. The molecule has 2 aromatic carbocycles. The van der Waals surface area contributed by atoms with Crippen LogP contribution in [0.5, 0.6) is 5.75 Å². The average Bonchev–Trinajstić information content (AvgIpc) is 2.53. The van der Waals surface area contributed by atoms with Crippen LogP contribution in [0.4, 0.5) is 5.69 Å². The summed E-state index contributed by atoms with van der Waals surface area (Å²) in [5, 5.41) is 2.89. The molecule has 1 aliphatic carbocycles. The van der Waals surface area contributed by atoms with E-state index in [1.165, 1.54) is 0 Å². The second-order valence-electron chi connectivity index (χ2n) is 5.73. The summed E-state index contributed by atoms with van der Waals surface area (Å²) in [6.07, 6.45) is 2.95. The molecule has 4 nitrogen and oxygen atoms in total. The van der Waals surface area contributed by atoms with Gasteiger partial charge in [0, 0.05) is 17.0 Å². The Morgan fingerprint density at radius 3 is 2.39 bits per heavy atom. The number of rotatable bonds is 5. The molecule has 1 aliphatic rings. The molecule has 4 heteroatoms. The summed E-state index contributed by atoms with van der Waals surface area (Å²) in [6, 6.07) is 14.2. The third kappa shape index (κ3) is 3.26. The summed E-state index contributed by atoms with van der Waals surface area (Å²) in [4.78, 5) is 24.7. The monoisotopic (exact) mass is 309 g/mol. The fourth-order valence-electron chi connectivity index (χ4n) is 2.61. The number of carbonyl (C=O) groups is 2. The Kier molecular flexibility index (Phi) is 4.42. The van der Waals surface area contributed by atoms with Gasteiger partial charge in [-0.1, -0.05) is 36.8 Å². The molecule has 1 amide bonds. The smallest absolute Gasteiger partial charge is 0.227 e. The van der Waals surface area contributed by atoms with Gasteiger partial charge in [-0.3, -0.25) is 9.59 Å². The van der Waals surface area contributed by atoms with Gasteiger partial charge in [-0.05, 0) is 31.0 Å². The van der Waals surface area contributed by atoms with Crippen molar-refractivity contribution in [1.82, 2.24) is 0 Å². The second-order valence-corrected chi connectivity index (χ2v) is 5.73. The van der Waals surface area contributed by atoms with Crippen LogP contribution in [0.15, 0.2) is 48.5 Å². The first-order chi connectivity index (χ1) is 11.2. The summed E-state index contributed by atoms with van der Waals surface area (Å²) in [7, 11) is 1.55. The van der Waals surface area contributed by atoms with Crippen molar-refractivity contribution < 1.29 is 14.3 Å². The van der Waals surface area contributed by atoms with E-state index in [2.05, 4.69) is 5.32 Å². The molecule has 0 saturated heterocycles. The number of benzene rings is 2. The van der Waals surface area contributed by atoms with Gasteiger partial charge in [0.2, 0.25) is 5.91 Å². The van der Waals surface area contributed by atoms with Gasteiger partial charge in [0.15, 0.2) is 5.78 Å². The molecule has 118 valence electrons. The highest BCUT2D eigenvalue weighted by atomic mass is 16.5. The molecule has 0 radical (unpaired) electrons. The Bertz CT molecular complexity index is 721. The average molecular weight is 309 g/mol. The van der Waals surface area contributed by atoms with Crippen LogP contribution in [-0.2, 0) is 4.79 Å². The highest BCUT2D eigenvalue weighted by Crippen LogP contribution is 2.31. The van der Waals surface area contributed by atoms with Crippen molar-refractivity contribution in [3.63, 3.8) is 0 Å². The molecule has 0 unspecified atom stereocenters. The third-order valence-corrected chi connectivity index (χ3v) is 4.23. The quantitative estimate of drug-likeness (QED) is 0.857. The number of anilines is 1. The van der Waals surface area contributed by atoms with Crippen molar-refractivity contribution >= 4 is 17.4 Å². The molecule has 0 aliphatic heterocycles. The lowest BCUT2D eigenvalue weighted by atomic mass is 9.85. The van der Waals surface area contributed by atoms with Crippen molar-refractivity contribution in [2.75, 3.05) is 12.4 Å². The fourth-order valence-corrected chi connectivity index (χ4v) is 2.61. The fraction of sp³-hybridized carbons (Fsp3) is 0.263. The van der Waals surface area contributed by atoms with E-state index in [4.69, 9.17) is 4.74 Å². The number of hydrogen-bond acceptors (Lipinski definition) is 3. The van der Waals surface area contributed by atoms with Gasteiger partial charge >= 0.3 is 0 Å². The molecule has 23 heavy (non-hydrogen) atoms. The summed E-state index contributed by atoms with van der Waals surface area (Å²) in [6.45, 7) is 0. The minimum Gasteiger partial charge on any atom is -0.495 e. The number of hydrogen-bond donors (Lipinski definition) is 1. The van der Waals surface area contributed by atoms with E-state index >= 15 is 0 Å². The predicted molar refractivity (Wildman–Crippen MR) is 88.8 cm³/mol. The van der Waals surface area contributed by atoms with E-state index in [0.717, 1.165) is 19.3 Å². The van der Waals surface area contributed by atoms with Gasteiger partial charge in [-0.2, -0.15) is 0 Å². The van der Waals surface area contributed by atoms with Crippen molar-refractivity contribution in [2.45, 2.75) is 19.3 Å². The van der Waals surface area contributed by atoms with Gasteiger partial charge in [0.25, 0.3) is 0 Å². The van der Waals surface area contributed by atoms with Gasteiger partial charge in [0.05, 0.1) is 12.8 Å². The number of ether oxygens (including phenoxy) is 1. The lowest BCUT2D eigenvalue weighted by Gasteiger charge is -2.24. The molecular formula is C19H19NO3. The van der Waals surface area contributed by atoms with Crippen LogP contribution in [-0.4, -0.2) is 18.8 Å². The normalized spacial score (nSPS) is 14.0. The summed E-state index contributed by atoms with van der Waals surface area (Å²) < 4.78 is 5.29. The maximum Gasteiger partial charge on any atom is 0.227 e. The van der Waals surface area contributed by atoms with Crippen molar-refractivity contribution in [3.05, 3.63) is 59.7 Å². The molecular weight excluding hydrogens is 290 g/mol. The SMILES string of the molecule is COc1ccc(C(=O)c2ccccc2)cc1NC(=O)C1CCC1. The highest BCUT2D eigenvalue weighted by molar-refractivity contribution is 6.10. The largest absolute Gasteiger partial charge is 0.495 e. The van der Waals surface area contributed by atoms with Crippen molar-refractivity contribution in [1.29, 1.82) is 0 Å². The number of carbonyl (C=O) groups excluding carboxylic acids is 2. The molecule has 0 spiro atoms. The number of methoxy groups -OCH3 is 1. The van der Waals surface area contributed by atoms with E-state index in [9.17, 15) is 9.59 Å². The van der Waals surface area contributed by atoms with Crippen LogP contribution >= 0.6 is 0 Å². The molecule has 1 N–H and O–H groups in total. The van der Waals surface area contributed by atoms with E-state index in [1.807, 2.05) is 18.2 Å². The van der Waals surface area contributed by atoms with Crippen LogP contribution in [0.3, 0.4) is 0 Å². The summed E-state index contributed by atoms with van der Waals surface area (Å²) in [5.74, 6) is 0.557. The minimum atomic E-state index is -0.0765. The zero-order valence-electron chi connectivity index (χ0n) is 13.0. The van der Waals surface area contributed by atoms with Gasteiger partial charge in [0.1, 0.15) is 5.75 Å². The topological polar surface area (TPSA) is 55.4 Å². The highest BCUT2D eigenvalue weighted by Gasteiger charge is 2.26. The molecule has 0 heterocycles. The van der Waals surface area contributed by atoms with Crippen LogP contribution in [0.25, 0.3) is 0 Å². The Labute approximate surface area is 135 Å². The van der Waals surface area contributed by atoms with E-state index in [-0.39, 0.29) is 17.6 Å². The maximum absolute atomic E-state index is 12.5. The Hall–Kier alpha value is -2.62. The van der Waals surface area contributed by atoms with Crippen LogP contribution in [0.1, 0.15) is 35.2 Å². The number of amides is 1. The number of ketones is 1. The Morgan fingerprint density at radius 2 is 1.78 bits per heavy atom. The molecule has 1 saturated carbocycles. The molecule has 1 fully saturated rings. The standard InChI is InChI=1S/C19H19NO3/c1-23-17-11-10-15(18(21)13-6-3-2-4-7-13)12-16(17)20-19(22)14-8-5-9-14/h2-4,6-7,10-12,14H,5,8-9H2,1H3,(H,20,22). The first-order valence-corrected chi connectivity index (χ1v) is 7.77. The van der Waals surface area contributed by atoms with E-state index in [0.29, 0.717) is 22.6 Å². The van der Waals surface area contributed by atoms with E-state index < -0.39 is 0 Å². The lowest BCUT2D eigenvalue weighted by Crippen LogP contribution is -2.28. The maximum atomic E-state index is 12.5.